The molecule has 4 aliphatic heterocycles. The summed E-state index contributed by atoms with van der Waals surface area (Å²) in [5, 5.41) is 15.7. The SMILES string of the molecule is C1CNCN1.C1CNCSC1.C1COCN1.C1CSCN1. The van der Waals surface area contributed by atoms with Crippen LogP contribution in [0.1, 0.15) is 6.42 Å². The van der Waals surface area contributed by atoms with Crippen molar-refractivity contribution in [2.45, 2.75) is 6.42 Å². The molecule has 0 aromatic carbocycles. The van der Waals surface area contributed by atoms with Crippen molar-refractivity contribution in [3.63, 3.8) is 0 Å². The van der Waals surface area contributed by atoms with Crippen LogP contribution in [0.2, 0.25) is 0 Å². The van der Waals surface area contributed by atoms with Gasteiger partial charge in [0.15, 0.2) is 0 Å². The van der Waals surface area contributed by atoms with Crippen molar-refractivity contribution in [1.29, 1.82) is 0 Å². The molecule has 8 heteroatoms. The molecule has 0 radical (unpaired) electrons. The second-order valence-electron chi connectivity index (χ2n) is 4.69. The minimum Gasteiger partial charge on any atom is -0.365 e. The fraction of sp³-hybridized carbons (Fsp3) is 1.00. The first-order valence-corrected chi connectivity index (χ1v) is 10.1. The first-order chi connectivity index (χ1) is 10.5. The van der Waals surface area contributed by atoms with Gasteiger partial charge in [-0.05, 0) is 18.7 Å². The van der Waals surface area contributed by atoms with Gasteiger partial charge < -0.3 is 26.0 Å². The fourth-order valence-corrected chi connectivity index (χ4v) is 3.18. The van der Waals surface area contributed by atoms with Crippen molar-refractivity contribution in [3.05, 3.63) is 0 Å². The van der Waals surface area contributed by atoms with Gasteiger partial charge in [0.05, 0.1) is 13.3 Å². The molecule has 4 heterocycles. The monoisotopic (exact) mass is 337 g/mol. The molecule has 0 aliphatic carbocycles. The van der Waals surface area contributed by atoms with E-state index in [1.54, 1.807) is 0 Å². The minimum atomic E-state index is 0.750. The van der Waals surface area contributed by atoms with Crippen LogP contribution in [0.25, 0.3) is 0 Å². The quantitative estimate of drug-likeness (QED) is 0.411. The van der Waals surface area contributed by atoms with Crippen LogP contribution in [0.15, 0.2) is 0 Å². The third-order valence-corrected chi connectivity index (χ3v) is 4.72. The molecule has 126 valence electrons. The third-order valence-electron chi connectivity index (χ3n) is 2.83. The highest BCUT2D eigenvalue weighted by Crippen LogP contribution is 2.02. The molecule has 0 spiro atoms. The maximum atomic E-state index is 4.83. The predicted molar refractivity (Wildman–Crippen MR) is 95.0 cm³/mol. The summed E-state index contributed by atoms with van der Waals surface area (Å²) in [6.07, 6.45) is 1.35. The largest absolute Gasteiger partial charge is 0.365 e. The van der Waals surface area contributed by atoms with Gasteiger partial charge in [0.1, 0.15) is 0 Å². The second kappa shape index (κ2) is 16.8. The summed E-state index contributed by atoms with van der Waals surface area (Å²) < 4.78 is 4.83. The van der Waals surface area contributed by atoms with Gasteiger partial charge in [-0.2, -0.15) is 0 Å². The van der Waals surface area contributed by atoms with Crippen LogP contribution in [0.4, 0.5) is 0 Å². The highest BCUT2D eigenvalue weighted by molar-refractivity contribution is 7.99. The fourth-order valence-electron chi connectivity index (χ4n) is 1.68. The lowest BCUT2D eigenvalue weighted by atomic mass is 10.5. The lowest BCUT2D eigenvalue weighted by molar-refractivity contribution is 0.194. The second-order valence-corrected chi connectivity index (χ2v) is 6.90. The molecule has 0 unspecified atom stereocenters. The maximum absolute atomic E-state index is 4.83. The summed E-state index contributed by atoms with van der Waals surface area (Å²) in [5.41, 5.74) is 0. The van der Waals surface area contributed by atoms with Gasteiger partial charge in [0.2, 0.25) is 0 Å². The van der Waals surface area contributed by atoms with Crippen LogP contribution < -0.4 is 26.6 Å². The summed E-state index contributed by atoms with van der Waals surface area (Å²) in [6, 6.07) is 0. The molecule has 4 saturated heterocycles. The molecule has 4 fully saturated rings. The van der Waals surface area contributed by atoms with Crippen molar-refractivity contribution in [1.82, 2.24) is 26.6 Å². The van der Waals surface area contributed by atoms with Gasteiger partial charge in [0, 0.05) is 50.4 Å². The Morgan fingerprint density at radius 2 is 1.43 bits per heavy atom. The number of nitrogens with one attached hydrogen (secondary N) is 5. The van der Waals surface area contributed by atoms with Crippen LogP contribution in [-0.2, 0) is 4.74 Å². The van der Waals surface area contributed by atoms with E-state index in [4.69, 9.17) is 4.74 Å². The van der Waals surface area contributed by atoms with Crippen molar-refractivity contribution < 1.29 is 4.74 Å². The van der Waals surface area contributed by atoms with E-state index in [0.29, 0.717) is 0 Å². The predicted octanol–water partition coefficient (Wildman–Crippen LogP) is -0.349. The Morgan fingerprint density at radius 1 is 0.667 bits per heavy atom. The van der Waals surface area contributed by atoms with Crippen molar-refractivity contribution >= 4 is 23.5 Å². The number of rotatable bonds is 0. The van der Waals surface area contributed by atoms with Crippen molar-refractivity contribution in [3.8, 4) is 0 Å². The van der Waals surface area contributed by atoms with Gasteiger partial charge in [-0.1, -0.05) is 0 Å². The van der Waals surface area contributed by atoms with Crippen LogP contribution in [0, 0.1) is 0 Å². The Bertz CT molecular complexity index is 141. The summed E-state index contributed by atoms with van der Waals surface area (Å²) in [6.45, 7) is 8.39. The van der Waals surface area contributed by atoms with Crippen molar-refractivity contribution in [2.75, 3.05) is 76.0 Å². The smallest absolute Gasteiger partial charge is 0.0966 e. The van der Waals surface area contributed by atoms with E-state index in [2.05, 4.69) is 26.6 Å². The van der Waals surface area contributed by atoms with Crippen molar-refractivity contribution in [2.24, 2.45) is 0 Å². The summed E-state index contributed by atoms with van der Waals surface area (Å²) in [7, 11) is 0. The van der Waals surface area contributed by atoms with Crippen LogP contribution in [0.3, 0.4) is 0 Å². The lowest BCUT2D eigenvalue weighted by Crippen LogP contribution is -2.19. The molecular weight excluding hydrogens is 306 g/mol. The molecule has 0 amide bonds. The maximum Gasteiger partial charge on any atom is 0.0966 e. The van der Waals surface area contributed by atoms with Crippen LogP contribution >= 0.6 is 23.5 Å². The Labute approximate surface area is 137 Å². The Kier molecular flexibility index (Phi) is 15.6. The molecule has 0 atom stereocenters. The molecule has 6 nitrogen and oxygen atoms in total. The topological polar surface area (TPSA) is 69.4 Å². The number of ether oxygens (including phenoxy) is 1. The van der Waals surface area contributed by atoms with Gasteiger partial charge in [-0.25, -0.2) is 0 Å². The molecular formula is C13H31N5OS2. The normalized spacial score (nSPS) is 24.0. The molecule has 5 N–H and O–H groups in total. The highest BCUT2D eigenvalue weighted by Gasteiger charge is 1.94. The van der Waals surface area contributed by atoms with Crippen LogP contribution in [0.5, 0.6) is 0 Å². The summed E-state index contributed by atoms with van der Waals surface area (Å²) in [4.78, 5) is 0. The average Bonchev–Trinajstić information content (AvgIpc) is 3.38. The highest BCUT2D eigenvalue weighted by atomic mass is 32.2. The van der Waals surface area contributed by atoms with E-state index in [1.807, 2.05) is 23.5 Å². The summed E-state index contributed by atoms with van der Waals surface area (Å²) in [5.74, 6) is 4.99. The lowest BCUT2D eigenvalue weighted by Gasteiger charge is -2.08. The Hall–Kier alpha value is 0.460. The van der Waals surface area contributed by atoms with Gasteiger partial charge in [0.25, 0.3) is 0 Å². The van der Waals surface area contributed by atoms with E-state index in [-0.39, 0.29) is 0 Å². The van der Waals surface area contributed by atoms with Gasteiger partial charge in [-0.3, -0.25) is 5.32 Å². The van der Waals surface area contributed by atoms with E-state index in [9.17, 15) is 0 Å². The van der Waals surface area contributed by atoms with E-state index in [1.165, 1.54) is 42.8 Å². The molecule has 0 aromatic heterocycles. The van der Waals surface area contributed by atoms with E-state index >= 15 is 0 Å². The standard InChI is InChI=1S/C4H9NS.C3H8N2.C3H7NO.C3H7NS/c1-2-5-4-6-3-1;3*1-2-5-3-4-1/h5H,1-4H2;4-5H,1-3H2;2*4H,1-3H2. The molecule has 0 bridgehead atoms. The Morgan fingerprint density at radius 3 is 1.62 bits per heavy atom. The molecule has 4 rings (SSSR count). The zero-order valence-electron chi connectivity index (χ0n) is 12.9. The molecule has 4 aliphatic rings. The summed E-state index contributed by atoms with van der Waals surface area (Å²) >= 11 is 3.95. The number of hydrogen-bond donors (Lipinski definition) is 5. The first kappa shape index (κ1) is 19.5. The zero-order valence-corrected chi connectivity index (χ0v) is 14.6. The number of thioether (sulfide) groups is 2. The number of hydrogen-bond acceptors (Lipinski definition) is 8. The van der Waals surface area contributed by atoms with Crippen LogP contribution in [-0.4, -0.2) is 76.0 Å². The van der Waals surface area contributed by atoms with E-state index in [0.717, 1.165) is 39.6 Å². The minimum absolute atomic E-state index is 0.750. The van der Waals surface area contributed by atoms with Gasteiger partial charge >= 0.3 is 0 Å². The molecule has 0 saturated carbocycles. The average molecular weight is 338 g/mol. The molecule has 0 aromatic rings. The Balaban J connectivity index is 0.000000140. The zero-order chi connectivity index (χ0) is 14.8. The molecule has 21 heavy (non-hydrogen) atoms. The van der Waals surface area contributed by atoms with E-state index < -0.39 is 0 Å². The third kappa shape index (κ3) is 15.1. The van der Waals surface area contributed by atoms with Gasteiger partial charge in [-0.15, -0.1) is 23.5 Å². The first-order valence-electron chi connectivity index (χ1n) is 7.77.